The summed E-state index contributed by atoms with van der Waals surface area (Å²) in [6.07, 6.45) is 4.14. The lowest BCUT2D eigenvalue weighted by atomic mass is 10.1. The predicted octanol–water partition coefficient (Wildman–Crippen LogP) is 6.82. The minimum Gasteiger partial charge on any atom is -0.493 e. The number of hydrogen-bond acceptors (Lipinski definition) is 10. The van der Waals surface area contributed by atoms with E-state index >= 15 is 0 Å². The molecule has 4 N–H and O–H groups in total. The van der Waals surface area contributed by atoms with Crippen molar-refractivity contribution < 1.29 is 33.3 Å². The van der Waals surface area contributed by atoms with Crippen molar-refractivity contribution in [2.45, 2.75) is 51.0 Å². The fourth-order valence-corrected chi connectivity index (χ4v) is 8.45. The van der Waals surface area contributed by atoms with Gasteiger partial charge in [-0.3, -0.25) is 24.3 Å². The van der Waals surface area contributed by atoms with Crippen molar-refractivity contribution in [1.29, 1.82) is 0 Å². The van der Waals surface area contributed by atoms with E-state index in [1.807, 2.05) is 77.8 Å². The van der Waals surface area contributed by atoms with Gasteiger partial charge in [0.05, 0.1) is 48.8 Å². The van der Waals surface area contributed by atoms with Gasteiger partial charge in [-0.15, -0.1) is 0 Å². The molecular formula is C46H44N6O7. The summed E-state index contributed by atoms with van der Waals surface area (Å²) in [6.45, 7) is 1.46. The number of nitrogens with zero attached hydrogens (tertiary/aromatic N) is 3. The second kappa shape index (κ2) is 15.7. The van der Waals surface area contributed by atoms with Gasteiger partial charge in [0.2, 0.25) is 5.91 Å². The molecule has 4 heterocycles. The quantitative estimate of drug-likeness (QED) is 0.109. The highest BCUT2D eigenvalue weighted by Gasteiger charge is 2.38. The number of carbonyl (C=O) groups excluding carboxylic acids is 3. The molecule has 13 heteroatoms. The molecule has 0 fully saturated rings. The molecule has 4 aliphatic heterocycles. The summed E-state index contributed by atoms with van der Waals surface area (Å²) in [5.74, 6) is 1.20. The van der Waals surface area contributed by atoms with Gasteiger partial charge in [0.25, 0.3) is 11.8 Å². The largest absolute Gasteiger partial charge is 0.493 e. The number of carbonyl (C=O) groups is 3. The molecule has 4 aliphatic rings. The number of nitrogens with two attached hydrogens (primary N) is 1. The molecule has 0 saturated heterocycles. The summed E-state index contributed by atoms with van der Waals surface area (Å²) < 4.78 is 24.3. The number of primary amides is 1. The van der Waals surface area contributed by atoms with Gasteiger partial charge >= 0.3 is 0 Å². The molecule has 0 spiro atoms. The Bertz CT molecular complexity index is 2520. The highest BCUT2D eigenvalue weighted by molar-refractivity contribution is 6.15. The topological polar surface area (TPSA) is 157 Å². The Balaban J connectivity index is 0.954. The third kappa shape index (κ3) is 7.24. The molecule has 3 amide bonds. The van der Waals surface area contributed by atoms with Crippen LogP contribution in [0.2, 0.25) is 0 Å². The Morgan fingerprint density at radius 3 is 2.10 bits per heavy atom. The van der Waals surface area contributed by atoms with Crippen LogP contribution in [0, 0.1) is 0 Å². The van der Waals surface area contributed by atoms with Crippen molar-refractivity contribution in [2.75, 3.05) is 47.7 Å². The first-order valence-corrected chi connectivity index (χ1v) is 19.7. The van der Waals surface area contributed by atoms with Gasteiger partial charge in [-0.05, 0) is 77.6 Å². The van der Waals surface area contributed by atoms with E-state index in [2.05, 4.69) is 16.7 Å². The molecule has 0 aromatic heterocycles. The van der Waals surface area contributed by atoms with Crippen LogP contribution in [-0.4, -0.2) is 63.3 Å². The Labute approximate surface area is 341 Å². The van der Waals surface area contributed by atoms with Crippen LogP contribution in [0.15, 0.2) is 96.0 Å². The minimum absolute atomic E-state index is 0.00150. The van der Waals surface area contributed by atoms with Crippen molar-refractivity contribution >= 4 is 52.4 Å². The van der Waals surface area contributed by atoms with Gasteiger partial charge in [0.15, 0.2) is 23.0 Å². The van der Waals surface area contributed by atoms with Crippen molar-refractivity contribution in [3.63, 3.8) is 0 Å². The second-order valence-corrected chi connectivity index (χ2v) is 15.1. The van der Waals surface area contributed by atoms with Crippen LogP contribution in [0.25, 0.3) is 0 Å². The Hall–Kier alpha value is -7.02. The molecule has 5 aromatic rings. The average molecular weight is 793 g/mol. The molecule has 0 saturated carbocycles. The first-order chi connectivity index (χ1) is 28.8. The van der Waals surface area contributed by atoms with E-state index in [0.29, 0.717) is 71.4 Å². The SMILES string of the molecule is COc1cc2c(cc1OCc1cc(COc3cc4c(cc3OC)C(=O)N3c5ccccc5C[C@H]3CN4)cc(NCCCC(N)=O)c1)N=C[C@@H]1Cc3ccccc3N1C2=O. The predicted molar refractivity (Wildman–Crippen MR) is 226 cm³/mol. The summed E-state index contributed by atoms with van der Waals surface area (Å²) in [6, 6.07) is 28.7. The van der Waals surface area contributed by atoms with E-state index in [-0.39, 0.29) is 49.4 Å². The number of para-hydroxylation sites is 2. The summed E-state index contributed by atoms with van der Waals surface area (Å²) in [5.41, 5.74) is 14.1. The molecule has 9 rings (SSSR count). The Morgan fingerprint density at radius 2 is 1.41 bits per heavy atom. The van der Waals surface area contributed by atoms with E-state index in [1.54, 1.807) is 37.3 Å². The molecule has 300 valence electrons. The van der Waals surface area contributed by atoms with Crippen LogP contribution in [0.4, 0.5) is 28.4 Å². The Kier molecular flexibility index (Phi) is 10.0. The molecule has 59 heavy (non-hydrogen) atoms. The second-order valence-electron chi connectivity index (χ2n) is 15.1. The van der Waals surface area contributed by atoms with Crippen LogP contribution in [-0.2, 0) is 30.8 Å². The fraction of sp³-hybridized carbons (Fsp3) is 0.261. The van der Waals surface area contributed by atoms with Crippen molar-refractivity contribution in [3.8, 4) is 23.0 Å². The van der Waals surface area contributed by atoms with E-state index in [1.165, 1.54) is 0 Å². The summed E-state index contributed by atoms with van der Waals surface area (Å²) >= 11 is 0. The summed E-state index contributed by atoms with van der Waals surface area (Å²) in [4.78, 5) is 47.7. The molecule has 0 unspecified atom stereocenters. The van der Waals surface area contributed by atoms with Crippen LogP contribution in [0.1, 0.15) is 55.8 Å². The zero-order chi connectivity index (χ0) is 40.6. The number of ether oxygens (including phenoxy) is 4. The van der Waals surface area contributed by atoms with Crippen LogP contribution >= 0.6 is 0 Å². The number of benzene rings is 5. The highest BCUT2D eigenvalue weighted by Crippen LogP contribution is 2.43. The van der Waals surface area contributed by atoms with Crippen molar-refractivity contribution in [2.24, 2.45) is 10.7 Å². The molecule has 2 atom stereocenters. The molecule has 0 aliphatic carbocycles. The standard InChI is InChI=1S/C46H44N6O7/c1-56-40-19-34-36(49-23-32-17-29-8-3-5-10-38(29)51(32)45(34)54)21-42(40)58-25-27-14-28(16-31(15-27)48-13-7-12-44(47)53)26-59-43-22-37-35(20-41(43)57-2)46(55)52-33(24-50-37)18-30-9-4-6-11-39(30)52/h3-6,8-11,14-16,19-23,32-33,48,50H,7,12-13,17-18,24-26H2,1-2H3,(H2,47,53)/t32-,33-/m0/s1. The van der Waals surface area contributed by atoms with Crippen LogP contribution < -0.4 is 45.1 Å². The maximum Gasteiger partial charge on any atom is 0.261 e. The molecule has 13 nitrogen and oxygen atoms in total. The van der Waals surface area contributed by atoms with Crippen molar-refractivity contribution in [1.82, 2.24) is 0 Å². The summed E-state index contributed by atoms with van der Waals surface area (Å²) in [7, 11) is 3.10. The number of hydrogen-bond donors (Lipinski definition) is 3. The Morgan fingerprint density at radius 1 is 0.780 bits per heavy atom. The highest BCUT2D eigenvalue weighted by atomic mass is 16.5. The third-order valence-electron chi connectivity index (χ3n) is 11.3. The lowest BCUT2D eigenvalue weighted by Crippen LogP contribution is -2.39. The zero-order valence-corrected chi connectivity index (χ0v) is 32.8. The van der Waals surface area contributed by atoms with E-state index in [4.69, 9.17) is 29.7 Å². The monoisotopic (exact) mass is 792 g/mol. The fourth-order valence-electron chi connectivity index (χ4n) is 8.45. The number of rotatable bonds is 13. The maximum absolute atomic E-state index is 14.0. The minimum atomic E-state index is -0.356. The maximum atomic E-state index is 14.0. The number of anilines is 4. The van der Waals surface area contributed by atoms with Gasteiger partial charge < -0.3 is 40.2 Å². The smallest absolute Gasteiger partial charge is 0.261 e. The summed E-state index contributed by atoms with van der Waals surface area (Å²) in [5, 5.41) is 6.89. The zero-order valence-electron chi connectivity index (χ0n) is 32.8. The van der Waals surface area contributed by atoms with Gasteiger partial charge in [0.1, 0.15) is 13.2 Å². The lowest BCUT2D eigenvalue weighted by Gasteiger charge is -2.22. The van der Waals surface area contributed by atoms with Gasteiger partial charge in [-0.1, -0.05) is 36.4 Å². The normalized spacial score (nSPS) is 17.0. The van der Waals surface area contributed by atoms with Crippen LogP contribution in [0.3, 0.4) is 0 Å². The van der Waals surface area contributed by atoms with E-state index in [0.717, 1.165) is 45.7 Å². The number of nitrogens with one attached hydrogen (secondary N) is 2. The number of methoxy groups -OCH3 is 2. The first kappa shape index (κ1) is 37.6. The molecule has 5 aromatic carbocycles. The average Bonchev–Trinajstić information content (AvgIpc) is 3.74. The first-order valence-electron chi connectivity index (χ1n) is 19.7. The van der Waals surface area contributed by atoms with E-state index in [9.17, 15) is 14.4 Å². The van der Waals surface area contributed by atoms with Crippen molar-refractivity contribution in [3.05, 3.63) is 124 Å². The van der Waals surface area contributed by atoms with Gasteiger partial charge in [0, 0.05) is 61.3 Å². The lowest BCUT2D eigenvalue weighted by molar-refractivity contribution is -0.118. The molecule has 0 radical (unpaired) electrons. The number of aliphatic imine (C=N–C) groups is 1. The number of amides is 3. The number of fused-ring (bicyclic) bond motifs is 8. The molecular weight excluding hydrogens is 749 g/mol. The van der Waals surface area contributed by atoms with E-state index < -0.39 is 0 Å². The third-order valence-corrected chi connectivity index (χ3v) is 11.3. The van der Waals surface area contributed by atoms with Crippen LogP contribution in [0.5, 0.6) is 23.0 Å². The molecule has 0 bridgehead atoms. The van der Waals surface area contributed by atoms with Gasteiger partial charge in [-0.25, -0.2) is 0 Å². The van der Waals surface area contributed by atoms with Gasteiger partial charge in [-0.2, -0.15) is 0 Å².